The number of nitrogens with zero attached hydrogens (tertiary/aromatic N) is 1. The maximum absolute atomic E-state index is 12.6. The lowest BCUT2D eigenvalue weighted by Crippen LogP contribution is -2.41. The van der Waals surface area contributed by atoms with Crippen LogP contribution in [0.25, 0.3) is 0 Å². The number of hydrogen-bond donors (Lipinski definition) is 1. The average molecular weight is 315 g/mol. The van der Waals surface area contributed by atoms with Gasteiger partial charge in [-0.1, -0.05) is 18.2 Å². The third kappa shape index (κ3) is 2.17. The molecule has 22 heavy (non-hydrogen) atoms. The number of Topliss-reactive ketones (excluding diaryl/α,β-unsaturated/α-hetero) is 1. The van der Waals surface area contributed by atoms with Crippen LogP contribution in [0.4, 0.5) is 5.69 Å². The van der Waals surface area contributed by atoms with E-state index in [0.717, 1.165) is 4.88 Å². The molecule has 0 saturated heterocycles. The Morgan fingerprint density at radius 2 is 2.00 bits per heavy atom. The number of rotatable bonds is 4. The molecule has 1 aromatic carbocycles. The number of carbonyl (C=O) groups excluding carboxylic acids is 2. The standard InChI is InChI=1S/C17H17NO3S/c1-3-18-13-7-5-4-6-12(13)17(21,16(18)20)10-14(19)15-9-8-11(2)22-15/h4-9,21H,3,10H2,1-2H3/t17-/m0/s1. The number of benzene rings is 1. The van der Waals surface area contributed by atoms with Gasteiger partial charge in [-0.2, -0.15) is 0 Å². The molecular formula is C17H17NO3S. The van der Waals surface area contributed by atoms with E-state index in [0.29, 0.717) is 22.7 Å². The lowest BCUT2D eigenvalue weighted by Gasteiger charge is -2.21. The SMILES string of the molecule is CCN1C(=O)[C@](O)(CC(=O)c2ccc(C)s2)c2ccccc21. The Kier molecular flexibility index (Phi) is 3.62. The number of aryl methyl sites for hydroxylation is 1. The number of amides is 1. The fraction of sp³-hybridized carbons (Fsp3) is 0.294. The number of fused-ring (bicyclic) bond motifs is 1. The Bertz CT molecular complexity index is 752. The summed E-state index contributed by atoms with van der Waals surface area (Å²) in [4.78, 5) is 28.2. The first-order valence-electron chi connectivity index (χ1n) is 7.21. The van der Waals surface area contributed by atoms with Crippen molar-refractivity contribution in [2.75, 3.05) is 11.4 Å². The molecule has 2 heterocycles. The van der Waals surface area contributed by atoms with Crippen LogP contribution in [0, 0.1) is 6.92 Å². The molecule has 3 rings (SSSR count). The predicted octanol–water partition coefficient (Wildman–Crippen LogP) is 2.88. The predicted molar refractivity (Wildman–Crippen MR) is 86.4 cm³/mol. The van der Waals surface area contributed by atoms with Crippen molar-refractivity contribution in [1.82, 2.24) is 0 Å². The van der Waals surface area contributed by atoms with Gasteiger partial charge in [0.15, 0.2) is 11.4 Å². The van der Waals surface area contributed by atoms with E-state index in [2.05, 4.69) is 0 Å². The second-order valence-corrected chi connectivity index (χ2v) is 6.72. The number of aliphatic hydroxyl groups is 1. The number of hydrogen-bond acceptors (Lipinski definition) is 4. The van der Waals surface area contributed by atoms with Crippen LogP contribution in [0.3, 0.4) is 0 Å². The van der Waals surface area contributed by atoms with Gasteiger partial charge < -0.3 is 10.0 Å². The summed E-state index contributed by atoms with van der Waals surface area (Å²) in [7, 11) is 0. The Hall–Kier alpha value is -1.98. The summed E-state index contributed by atoms with van der Waals surface area (Å²) in [5.74, 6) is -0.625. The van der Waals surface area contributed by atoms with Gasteiger partial charge in [-0.3, -0.25) is 9.59 Å². The number of thiophene rings is 1. The largest absolute Gasteiger partial charge is 0.375 e. The molecule has 0 aliphatic carbocycles. The smallest absolute Gasteiger partial charge is 0.264 e. The summed E-state index contributed by atoms with van der Waals surface area (Å²) >= 11 is 1.38. The number of carbonyl (C=O) groups is 2. The van der Waals surface area contributed by atoms with Crippen molar-refractivity contribution in [3.8, 4) is 0 Å². The first kappa shape index (κ1) is 14.9. The van der Waals surface area contributed by atoms with Crippen LogP contribution in [0.5, 0.6) is 0 Å². The van der Waals surface area contributed by atoms with Gasteiger partial charge in [0.05, 0.1) is 17.0 Å². The molecule has 0 saturated carbocycles. The highest BCUT2D eigenvalue weighted by Crippen LogP contribution is 2.42. The number of para-hydroxylation sites is 1. The Morgan fingerprint density at radius 3 is 2.64 bits per heavy atom. The van der Waals surface area contributed by atoms with Gasteiger partial charge in [0.2, 0.25) is 0 Å². The van der Waals surface area contributed by atoms with Crippen molar-refractivity contribution in [3.63, 3.8) is 0 Å². The van der Waals surface area contributed by atoms with Crippen molar-refractivity contribution < 1.29 is 14.7 Å². The summed E-state index contributed by atoms with van der Waals surface area (Å²) in [5, 5.41) is 10.9. The normalized spacial score (nSPS) is 20.3. The van der Waals surface area contributed by atoms with Gasteiger partial charge in [0.25, 0.3) is 5.91 Å². The maximum atomic E-state index is 12.6. The summed E-state index contributed by atoms with van der Waals surface area (Å²) in [6.45, 7) is 4.24. The van der Waals surface area contributed by atoms with Crippen molar-refractivity contribution in [3.05, 3.63) is 51.7 Å². The fourth-order valence-electron chi connectivity index (χ4n) is 2.90. The summed E-state index contributed by atoms with van der Waals surface area (Å²) in [6, 6.07) is 10.7. The third-order valence-electron chi connectivity index (χ3n) is 3.99. The highest BCUT2D eigenvalue weighted by atomic mass is 32.1. The fourth-order valence-corrected chi connectivity index (χ4v) is 3.70. The van der Waals surface area contributed by atoms with Crippen molar-refractivity contribution in [1.29, 1.82) is 0 Å². The Balaban J connectivity index is 1.98. The molecule has 1 aromatic heterocycles. The summed E-state index contributed by atoms with van der Waals surface area (Å²) in [5.41, 5.74) is -0.558. The summed E-state index contributed by atoms with van der Waals surface area (Å²) < 4.78 is 0. The van der Waals surface area contributed by atoms with Gasteiger partial charge in [-0.05, 0) is 32.0 Å². The van der Waals surface area contributed by atoms with Gasteiger partial charge in [0, 0.05) is 17.0 Å². The average Bonchev–Trinajstić information content (AvgIpc) is 3.02. The first-order chi connectivity index (χ1) is 10.5. The zero-order valence-electron chi connectivity index (χ0n) is 12.5. The zero-order chi connectivity index (χ0) is 15.9. The van der Waals surface area contributed by atoms with E-state index in [9.17, 15) is 14.7 Å². The van der Waals surface area contributed by atoms with E-state index in [1.807, 2.05) is 26.0 Å². The molecule has 0 bridgehead atoms. The minimum atomic E-state index is -1.76. The van der Waals surface area contributed by atoms with Crippen LogP contribution >= 0.6 is 11.3 Å². The molecular weight excluding hydrogens is 298 g/mol. The molecule has 1 amide bonds. The van der Waals surface area contributed by atoms with E-state index < -0.39 is 11.5 Å². The number of ketones is 1. The third-order valence-corrected chi connectivity index (χ3v) is 5.03. The zero-order valence-corrected chi connectivity index (χ0v) is 13.3. The van der Waals surface area contributed by atoms with Crippen molar-refractivity contribution in [2.45, 2.75) is 25.9 Å². The lowest BCUT2D eigenvalue weighted by molar-refractivity contribution is -0.135. The van der Waals surface area contributed by atoms with Crippen LogP contribution in [0.1, 0.15) is 33.5 Å². The molecule has 1 N–H and O–H groups in total. The quantitative estimate of drug-likeness (QED) is 0.883. The van der Waals surface area contributed by atoms with E-state index in [-0.39, 0.29) is 12.2 Å². The molecule has 0 spiro atoms. The van der Waals surface area contributed by atoms with E-state index in [1.54, 1.807) is 24.3 Å². The second-order valence-electron chi connectivity index (χ2n) is 5.44. The van der Waals surface area contributed by atoms with Crippen LogP contribution in [-0.4, -0.2) is 23.3 Å². The van der Waals surface area contributed by atoms with Crippen molar-refractivity contribution >= 4 is 28.7 Å². The van der Waals surface area contributed by atoms with Gasteiger partial charge in [-0.15, -0.1) is 11.3 Å². The van der Waals surface area contributed by atoms with E-state index in [4.69, 9.17) is 0 Å². The molecule has 1 aliphatic rings. The van der Waals surface area contributed by atoms with Gasteiger partial charge in [0.1, 0.15) is 0 Å². The van der Waals surface area contributed by atoms with Crippen molar-refractivity contribution in [2.24, 2.45) is 0 Å². The van der Waals surface area contributed by atoms with Crippen LogP contribution in [0.15, 0.2) is 36.4 Å². The molecule has 4 nitrogen and oxygen atoms in total. The summed E-state index contributed by atoms with van der Waals surface area (Å²) in [6.07, 6.45) is -0.223. The van der Waals surface area contributed by atoms with Gasteiger partial charge in [-0.25, -0.2) is 0 Å². The molecule has 0 radical (unpaired) electrons. The van der Waals surface area contributed by atoms with E-state index in [1.165, 1.54) is 16.2 Å². The maximum Gasteiger partial charge on any atom is 0.264 e. The molecule has 5 heteroatoms. The highest BCUT2D eigenvalue weighted by molar-refractivity contribution is 7.14. The van der Waals surface area contributed by atoms with Crippen LogP contribution in [-0.2, 0) is 10.4 Å². The molecule has 0 fully saturated rings. The topological polar surface area (TPSA) is 57.6 Å². The Labute approximate surface area is 133 Å². The second kappa shape index (κ2) is 5.34. The Morgan fingerprint density at radius 1 is 1.27 bits per heavy atom. The van der Waals surface area contributed by atoms with E-state index >= 15 is 0 Å². The van der Waals surface area contributed by atoms with Crippen LogP contribution in [0.2, 0.25) is 0 Å². The molecule has 2 aromatic rings. The number of anilines is 1. The molecule has 0 unspecified atom stereocenters. The molecule has 1 aliphatic heterocycles. The highest BCUT2D eigenvalue weighted by Gasteiger charge is 2.50. The minimum Gasteiger partial charge on any atom is -0.375 e. The molecule has 114 valence electrons. The minimum absolute atomic E-state index is 0.207. The molecule has 1 atom stereocenters. The monoisotopic (exact) mass is 315 g/mol. The lowest BCUT2D eigenvalue weighted by atomic mass is 9.89. The first-order valence-corrected chi connectivity index (χ1v) is 8.02. The van der Waals surface area contributed by atoms with Gasteiger partial charge >= 0.3 is 0 Å². The van der Waals surface area contributed by atoms with Crippen LogP contribution < -0.4 is 4.90 Å². The number of likely N-dealkylation sites (N-methyl/N-ethyl adjacent to an activating group) is 1.